The van der Waals surface area contributed by atoms with Crippen LogP contribution in [0, 0.1) is 6.92 Å². The van der Waals surface area contributed by atoms with Crippen LogP contribution in [-0.4, -0.2) is 10.9 Å². The van der Waals surface area contributed by atoms with Gasteiger partial charge in [-0.05, 0) is 19.4 Å². The molecule has 1 rings (SSSR count). The summed E-state index contributed by atoms with van der Waals surface area (Å²) in [5, 5.41) is 0. The van der Waals surface area contributed by atoms with Gasteiger partial charge in [0.05, 0.1) is 16.8 Å². The normalized spacial score (nSPS) is 11.6. The van der Waals surface area contributed by atoms with Crippen LogP contribution in [0.15, 0.2) is 6.07 Å². The lowest BCUT2D eigenvalue weighted by molar-refractivity contribution is -0.138. The maximum Gasteiger partial charge on any atom is 0.417 e. The van der Waals surface area contributed by atoms with Crippen LogP contribution in [0.4, 0.5) is 13.2 Å². The second kappa shape index (κ2) is 4.11. The van der Waals surface area contributed by atoms with E-state index in [1.54, 1.807) is 6.92 Å². The summed E-state index contributed by atoms with van der Waals surface area (Å²) >= 11 is 0. The van der Waals surface area contributed by atoms with Crippen LogP contribution >= 0.6 is 0 Å². The summed E-state index contributed by atoms with van der Waals surface area (Å²) in [6.45, 7) is 3.06. The predicted octanol–water partition coefficient (Wildman–Crippen LogP) is 2.07. The van der Waals surface area contributed by atoms with Crippen LogP contribution in [-0.2, 0) is 12.6 Å². The zero-order valence-electron chi connectivity index (χ0n) is 8.85. The number of pyridine rings is 1. The Hall–Kier alpha value is -1.59. The fourth-order valence-corrected chi connectivity index (χ4v) is 1.49. The van der Waals surface area contributed by atoms with E-state index in [-0.39, 0.29) is 17.8 Å². The van der Waals surface area contributed by atoms with Crippen LogP contribution in [0.3, 0.4) is 0 Å². The summed E-state index contributed by atoms with van der Waals surface area (Å²) in [5.41, 5.74) is 3.72. The minimum atomic E-state index is -4.60. The van der Waals surface area contributed by atoms with Gasteiger partial charge in [0.15, 0.2) is 0 Å². The van der Waals surface area contributed by atoms with Crippen molar-refractivity contribution in [1.82, 2.24) is 4.98 Å². The monoisotopic (exact) mass is 232 g/mol. The number of hydrogen-bond donors (Lipinski definition) is 1. The first-order valence-electron chi connectivity index (χ1n) is 4.64. The maximum absolute atomic E-state index is 12.7. The summed E-state index contributed by atoms with van der Waals surface area (Å²) < 4.78 is 38.0. The minimum absolute atomic E-state index is 0.0832. The summed E-state index contributed by atoms with van der Waals surface area (Å²) in [4.78, 5) is 14.9. The molecule has 88 valence electrons. The molecule has 0 bridgehead atoms. The number of rotatable bonds is 2. The van der Waals surface area contributed by atoms with E-state index < -0.39 is 23.2 Å². The smallest absolute Gasteiger partial charge is 0.366 e. The number of carbonyl (C=O) groups is 1. The number of primary amides is 1. The summed E-state index contributed by atoms with van der Waals surface area (Å²) in [6.07, 6.45) is -4.37. The average Bonchev–Trinajstić information content (AvgIpc) is 2.14. The van der Waals surface area contributed by atoms with Gasteiger partial charge in [-0.1, -0.05) is 6.92 Å². The van der Waals surface area contributed by atoms with Gasteiger partial charge in [0.1, 0.15) is 0 Å². The number of nitrogens with zero attached hydrogens (tertiary/aromatic N) is 1. The molecule has 0 radical (unpaired) electrons. The highest BCUT2D eigenvalue weighted by atomic mass is 19.4. The third-order valence-corrected chi connectivity index (χ3v) is 2.11. The van der Waals surface area contributed by atoms with Gasteiger partial charge in [0, 0.05) is 5.69 Å². The molecule has 2 N–H and O–H groups in total. The molecule has 6 heteroatoms. The van der Waals surface area contributed by atoms with E-state index in [0.29, 0.717) is 0 Å². The van der Waals surface area contributed by atoms with Gasteiger partial charge in [0.25, 0.3) is 5.91 Å². The van der Waals surface area contributed by atoms with E-state index in [2.05, 4.69) is 4.98 Å². The quantitative estimate of drug-likeness (QED) is 0.848. The molecule has 3 nitrogen and oxygen atoms in total. The van der Waals surface area contributed by atoms with Crippen LogP contribution < -0.4 is 5.73 Å². The van der Waals surface area contributed by atoms with Gasteiger partial charge < -0.3 is 5.73 Å². The number of amides is 1. The van der Waals surface area contributed by atoms with Crippen molar-refractivity contribution in [3.8, 4) is 0 Å². The lowest BCUT2D eigenvalue weighted by Crippen LogP contribution is -2.22. The fraction of sp³-hybridized carbons (Fsp3) is 0.400. The zero-order chi connectivity index (χ0) is 12.5. The first-order valence-corrected chi connectivity index (χ1v) is 4.64. The second-order valence-corrected chi connectivity index (χ2v) is 3.35. The molecule has 0 fully saturated rings. The SMILES string of the molecule is CCc1nc(C)cc(C(F)(F)F)c1C(N)=O. The third kappa shape index (κ3) is 2.32. The van der Waals surface area contributed by atoms with Crippen molar-refractivity contribution in [2.24, 2.45) is 5.73 Å². The summed E-state index contributed by atoms with van der Waals surface area (Å²) in [6, 6.07) is 0.833. The number of carbonyl (C=O) groups excluding carboxylic acids is 1. The highest BCUT2D eigenvalue weighted by Gasteiger charge is 2.36. The zero-order valence-corrected chi connectivity index (χ0v) is 8.85. The molecule has 16 heavy (non-hydrogen) atoms. The number of aromatic nitrogens is 1. The number of aryl methyl sites for hydroxylation is 2. The second-order valence-electron chi connectivity index (χ2n) is 3.35. The topological polar surface area (TPSA) is 56.0 Å². The number of alkyl halides is 3. The molecule has 0 saturated carbocycles. The average molecular weight is 232 g/mol. The molecule has 1 heterocycles. The Morgan fingerprint density at radius 3 is 2.44 bits per heavy atom. The van der Waals surface area contributed by atoms with E-state index in [1.165, 1.54) is 6.92 Å². The van der Waals surface area contributed by atoms with Gasteiger partial charge >= 0.3 is 6.18 Å². The Bertz CT molecular complexity index is 427. The van der Waals surface area contributed by atoms with E-state index >= 15 is 0 Å². The van der Waals surface area contributed by atoms with Gasteiger partial charge in [-0.2, -0.15) is 13.2 Å². The van der Waals surface area contributed by atoms with Crippen molar-refractivity contribution in [2.75, 3.05) is 0 Å². The molecular formula is C10H11F3N2O. The Labute approximate surface area is 90.5 Å². The molecule has 0 aliphatic carbocycles. The van der Waals surface area contributed by atoms with Crippen LogP contribution in [0.1, 0.15) is 34.2 Å². The van der Waals surface area contributed by atoms with Crippen molar-refractivity contribution in [1.29, 1.82) is 0 Å². The molecule has 0 aliphatic heterocycles. The first kappa shape index (κ1) is 12.5. The van der Waals surface area contributed by atoms with Crippen molar-refractivity contribution in [3.63, 3.8) is 0 Å². The molecule has 0 atom stereocenters. The summed E-state index contributed by atoms with van der Waals surface area (Å²) in [7, 11) is 0. The van der Waals surface area contributed by atoms with E-state index in [9.17, 15) is 18.0 Å². The third-order valence-electron chi connectivity index (χ3n) is 2.11. The van der Waals surface area contributed by atoms with Crippen LogP contribution in [0.2, 0.25) is 0 Å². The molecule has 1 aromatic heterocycles. The fourth-order valence-electron chi connectivity index (χ4n) is 1.49. The van der Waals surface area contributed by atoms with Crippen molar-refractivity contribution in [3.05, 3.63) is 28.6 Å². The molecule has 1 aromatic rings. The Morgan fingerprint density at radius 2 is 2.06 bits per heavy atom. The molecular weight excluding hydrogens is 221 g/mol. The Balaban J connectivity index is 3.57. The van der Waals surface area contributed by atoms with Crippen molar-refractivity contribution < 1.29 is 18.0 Å². The van der Waals surface area contributed by atoms with Gasteiger partial charge in [-0.25, -0.2) is 0 Å². The van der Waals surface area contributed by atoms with E-state index in [1.807, 2.05) is 0 Å². The number of nitrogens with two attached hydrogens (primary N) is 1. The Kier molecular flexibility index (Phi) is 3.21. The van der Waals surface area contributed by atoms with Crippen molar-refractivity contribution in [2.45, 2.75) is 26.4 Å². The van der Waals surface area contributed by atoms with E-state index in [4.69, 9.17) is 5.73 Å². The largest absolute Gasteiger partial charge is 0.417 e. The van der Waals surface area contributed by atoms with Crippen LogP contribution in [0.5, 0.6) is 0 Å². The van der Waals surface area contributed by atoms with E-state index in [0.717, 1.165) is 6.07 Å². The molecule has 0 spiro atoms. The standard InChI is InChI=1S/C10H11F3N2O/c1-3-7-8(9(14)16)6(10(11,12)13)4-5(2)15-7/h4H,3H2,1-2H3,(H2,14,16). The van der Waals surface area contributed by atoms with Gasteiger partial charge in [-0.3, -0.25) is 9.78 Å². The lowest BCUT2D eigenvalue weighted by atomic mass is 10.0. The van der Waals surface area contributed by atoms with Crippen LogP contribution in [0.25, 0.3) is 0 Å². The van der Waals surface area contributed by atoms with Gasteiger partial charge in [-0.15, -0.1) is 0 Å². The molecule has 1 amide bonds. The highest BCUT2D eigenvalue weighted by Crippen LogP contribution is 2.33. The lowest BCUT2D eigenvalue weighted by Gasteiger charge is -2.14. The maximum atomic E-state index is 12.7. The van der Waals surface area contributed by atoms with Gasteiger partial charge in [0.2, 0.25) is 0 Å². The molecule has 0 aliphatic rings. The first-order chi connectivity index (χ1) is 7.27. The Morgan fingerprint density at radius 1 is 1.50 bits per heavy atom. The number of halogens is 3. The molecule has 0 aromatic carbocycles. The van der Waals surface area contributed by atoms with Crippen molar-refractivity contribution >= 4 is 5.91 Å². The number of hydrogen-bond acceptors (Lipinski definition) is 2. The molecule has 0 unspecified atom stereocenters. The minimum Gasteiger partial charge on any atom is -0.366 e. The molecule has 0 saturated heterocycles. The highest BCUT2D eigenvalue weighted by molar-refractivity contribution is 5.95. The predicted molar refractivity (Wildman–Crippen MR) is 51.9 cm³/mol. The summed E-state index contributed by atoms with van der Waals surface area (Å²) in [5.74, 6) is -1.10.